The minimum absolute atomic E-state index is 0.0583. The molecule has 28 heavy (non-hydrogen) atoms. The minimum Gasteiger partial charge on any atom is -0.494 e. The van der Waals surface area contributed by atoms with Crippen molar-refractivity contribution >= 4 is 11.9 Å². The van der Waals surface area contributed by atoms with Crippen LogP contribution >= 0.6 is 0 Å². The molecule has 7 heteroatoms. The van der Waals surface area contributed by atoms with Crippen LogP contribution in [0.25, 0.3) is 0 Å². The van der Waals surface area contributed by atoms with E-state index in [1.165, 1.54) is 31.6 Å². The molecule has 0 radical (unpaired) electrons. The first-order valence-corrected chi connectivity index (χ1v) is 9.82. The zero-order valence-electron chi connectivity index (χ0n) is 16.7. The van der Waals surface area contributed by atoms with E-state index in [-0.39, 0.29) is 18.2 Å². The number of nitrogens with one attached hydrogen (secondary N) is 2. The van der Waals surface area contributed by atoms with E-state index in [1.54, 1.807) is 12.1 Å². The number of likely N-dealkylation sites (N-methyl/N-ethyl adjacent to an activating group) is 1. The maximum absolute atomic E-state index is 13.8. The molecule has 6 nitrogen and oxygen atoms in total. The van der Waals surface area contributed by atoms with Gasteiger partial charge in [-0.15, -0.1) is 0 Å². The van der Waals surface area contributed by atoms with Crippen molar-refractivity contribution in [2.45, 2.75) is 45.6 Å². The van der Waals surface area contributed by atoms with Crippen molar-refractivity contribution in [1.29, 1.82) is 0 Å². The Balaban J connectivity index is 1.74. The number of hydrogen-bond donors (Lipinski definition) is 2. The Bertz CT molecular complexity index is 706. The molecule has 2 rings (SSSR count). The third kappa shape index (κ3) is 7.31. The third-order valence-electron chi connectivity index (χ3n) is 4.81. The lowest BCUT2D eigenvalue weighted by Gasteiger charge is -2.20. The summed E-state index contributed by atoms with van der Waals surface area (Å²) in [4.78, 5) is 25.9. The molecule has 0 heterocycles. The smallest absolute Gasteiger partial charge is 0.321 e. The summed E-state index contributed by atoms with van der Waals surface area (Å²) in [6.07, 6.45) is 7.73. The summed E-state index contributed by atoms with van der Waals surface area (Å²) in [6, 6.07) is 4.24. The highest BCUT2D eigenvalue weighted by Crippen LogP contribution is 2.19. The van der Waals surface area contributed by atoms with Gasteiger partial charge in [-0.05, 0) is 56.3 Å². The predicted molar refractivity (Wildman–Crippen MR) is 107 cm³/mol. The highest BCUT2D eigenvalue weighted by atomic mass is 19.1. The molecule has 1 aliphatic rings. The molecule has 0 fully saturated rings. The standard InChI is InChI=1S/C21H30FN3O3/c1-3-25(14-17-9-10-19(28-2)18(22)13-17)15-20(26)24-21(27)23-12-11-16-7-5-4-6-8-16/h7,9-10,13H,3-6,8,11-12,14-15H2,1-2H3,(H2,23,24,26,27). The molecule has 2 N–H and O–H groups in total. The van der Waals surface area contributed by atoms with Crippen LogP contribution in [0.1, 0.15) is 44.6 Å². The van der Waals surface area contributed by atoms with Gasteiger partial charge in [0.15, 0.2) is 11.6 Å². The molecule has 0 aromatic heterocycles. The number of methoxy groups -OCH3 is 1. The fourth-order valence-electron chi connectivity index (χ4n) is 3.23. The second kappa shape index (κ2) is 11.4. The third-order valence-corrected chi connectivity index (χ3v) is 4.81. The highest BCUT2D eigenvalue weighted by Gasteiger charge is 2.14. The van der Waals surface area contributed by atoms with Crippen molar-refractivity contribution in [3.8, 4) is 5.75 Å². The second-order valence-electron chi connectivity index (χ2n) is 6.93. The zero-order valence-corrected chi connectivity index (χ0v) is 16.7. The van der Waals surface area contributed by atoms with E-state index in [4.69, 9.17) is 4.74 Å². The van der Waals surface area contributed by atoms with Crippen molar-refractivity contribution in [2.24, 2.45) is 0 Å². The topological polar surface area (TPSA) is 70.7 Å². The van der Waals surface area contributed by atoms with Crippen molar-refractivity contribution in [3.05, 3.63) is 41.2 Å². The van der Waals surface area contributed by atoms with Crippen molar-refractivity contribution in [2.75, 3.05) is 26.7 Å². The number of allylic oxidation sites excluding steroid dienone is 1. The first-order valence-electron chi connectivity index (χ1n) is 9.82. The van der Waals surface area contributed by atoms with Gasteiger partial charge in [0.2, 0.25) is 5.91 Å². The van der Waals surface area contributed by atoms with Crippen LogP contribution in [0.15, 0.2) is 29.8 Å². The Hall–Kier alpha value is -2.41. The van der Waals surface area contributed by atoms with Gasteiger partial charge in [0.05, 0.1) is 13.7 Å². The lowest BCUT2D eigenvalue weighted by Crippen LogP contribution is -2.44. The number of imide groups is 1. The quantitative estimate of drug-likeness (QED) is 0.633. The van der Waals surface area contributed by atoms with Crippen LogP contribution in [0.5, 0.6) is 5.75 Å². The number of benzene rings is 1. The summed E-state index contributed by atoms with van der Waals surface area (Å²) < 4.78 is 18.7. The molecule has 0 atom stereocenters. The predicted octanol–water partition coefficient (Wildman–Crippen LogP) is 3.37. The Morgan fingerprint density at radius 3 is 2.75 bits per heavy atom. The first kappa shape index (κ1) is 21.9. The van der Waals surface area contributed by atoms with Crippen LogP contribution in [0.2, 0.25) is 0 Å². The number of hydrogen-bond acceptors (Lipinski definition) is 4. The Labute approximate surface area is 166 Å². The number of amides is 3. The van der Waals surface area contributed by atoms with Gasteiger partial charge >= 0.3 is 6.03 Å². The van der Waals surface area contributed by atoms with E-state index in [0.29, 0.717) is 19.6 Å². The van der Waals surface area contributed by atoms with E-state index in [9.17, 15) is 14.0 Å². The van der Waals surface area contributed by atoms with Crippen LogP contribution < -0.4 is 15.4 Å². The molecule has 0 saturated carbocycles. The molecular weight excluding hydrogens is 361 g/mol. The van der Waals surface area contributed by atoms with E-state index in [2.05, 4.69) is 16.7 Å². The van der Waals surface area contributed by atoms with E-state index in [1.807, 2.05) is 11.8 Å². The van der Waals surface area contributed by atoms with Crippen LogP contribution in [-0.2, 0) is 11.3 Å². The summed E-state index contributed by atoms with van der Waals surface area (Å²) in [5, 5.41) is 5.08. The molecule has 1 aromatic rings. The summed E-state index contributed by atoms with van der Waals surface area (Å²) in [7, 11) is 1.41. The molecule has 1 aliphatic carbocycles. The maximum Gasteiger partial charge on any atom is 0.321 e. The summed E-state index contributed by atoms with van der Waals surface area (Å²) in [5.74, 6) is -0.636. The zero-order chi connectivity index (χ0) is 20.4. The van der Waals surface area contributed by atoms with Gasteiger partial charge in [-0.3, -0.25) is 15.0 Å². The molecule has 0 bridgehead atoms. The second-order valence-corrected chi connectivity index (χ2v) is 6.93. The van der Waals surface area contributed by atoms with Crippen LogP contribution in [0, 0.1) is 5.82 Å². The number of urea groups is 1. The lowest BCUT2D eigenvalue weighted by atomic mass is 9.97. The molecule has 1 aromatic carbocycles. The van der Waals surface area contributed by atoms with Gasteiger partial charge in [0.1, 0.15) is 0 Å². The van der Waals surface area contributed by atoms with Gasteiger partial charge in [0.25, 0.3) is 0 Å². The van der Waals surface area contributed by atoms with Crippen LogP contribution in [-0.4, -0.2) is 43.6 Å². The fourth-order valence-corrected chi connectivity index (χ4v) is 3.23. The molecule has 0 unspecified atom stereocenters. The van der Waals surface area contributed by atoms with Crippen molar-refractivity contribution in [3.63, 3.8) is 0 Å². The van der Waals surface area contributed by atoms with Gasteiger partial charge in [0, 0.05) is 13.1 Å². The van der Waals surface area contributed by atoms with Gasteiger partial charge in [-0.2, -0.15) is 0 Å². The number of halogens is 1. The average molecular weight is 391 g/mol. The summed E-state index contributed by atoms with van der Waals surface area (Å²) >= 11 is 0. The van der Waals surface area contributed by atoms with E-state index >= 15 is 0 Å². The Morgan fingerprint density at radius 1 is 1.29 bits per heavy atom. The number of nitrogens with zero attached hydrogens (tertiary/aromatic N) is 1. The SMILES string of the molecule is CCN(CC(=O)NC(=O)NCCC1=CCCCC1)Cc1ccc(OC)c(F)c1. The van der Waals surface area contributed by atoms with Gasteiger partial charge < -0.3 is 10.1 Å². The van der Waals surface area contributed by atoms with Crippen LogP contribution in [0.3, 0.4) is 0 Å². The normalized spacial score (nSPS) is 13.8. The monoisotopic (exact) mass is 391 g/mol. The largest absolute Gasteiger partial charge is 0.494 e. The number of ether oxygens (including phenoxy) is 1. The Morgan fingerprint density at radius 2 is 2.11 bits per heavy atom. The maximum atomic E-state index is 13.8. The molecule has 0 spiro atoms. The van der Waals surface area contributed by atoms with Crippen molar-refractivity contribution < 1.29 is 18.7 Å². The fraction of sp³-hybridized carbons (Fsp3) is 0.524. The van der Waals surface area contributed by atoms with Crippen LogP contribution in [0.4, 0.5) is 9.18 Å². The molecule has 0 aliphatic heterocycles. The lowest BCUT2D eigenvalue weighted by molar-refractivity contribution is -0.121. The molecule has 154 valence electrons. The number of carbonyl (C=O) groups excluding carboxylic acids is 2. The molecule has 3 amide bonds. The van der Waals surface area contributed by atoms with E-state index in [0.717, 1.165) is 24.8 Å². The average Bonchev–Trinajstić information content (AvgIpc) is 2.68. The van der Waals surface area contributed by atoms with Crippen molar-refractivity contribution in [1.82, 2.24) is 15.5 Å². The van der Waals surface area contributed by atoms with Gasteiger partial charge in [-0.25, -0.2) is 9.18 Å². The van der Waals surface area contributed by atoms with E-state index < -0.39 is 11.8 Å². The van der Waals surface area contributed by atoms with Gasteiger partial charge in [-0.1, -0.05) is 24.6 Å². The summed E-state index contributed by atoms with van der Waals surface area (Å²) in [5.41, 5.74) is 2.11. The first-order chi connectivity index (χ1) is 13.5. The Kier molecular flexibility index (Phi) is 8.94. The number of rotatable bonds is 9. The summed E-state index contributed by atoms with van der Waals surface area (Å²) in [6.45, 7) is 3.48. The highest BCUT2D eigenvalue weighted by molar-refractivity contribution is 5.95. The molecule has 0 saturated heterocycles. The minimum atomic E-state index is -0.479. The number of carbonyl (C=O) groups is 2. The molecular formula is C21H30FN3O3.